The molecule has 0 aliphatic rings. The van der Waals surface area contributed by atoms with Crippen LogP contribution in [0.3, 0.4) is 0 Å². The summed E-state index contributed by atoms with van der Waals surface area (Å²) in [5.41, 5.74) is 0. The van der Waals surface area contributed by atoms with E-state index in [1.165, 1.54) is 64.2 Å². The Morgan fingerprint density at radius 3 is 1.44 bits per heavy atom. The summed E-state index contributed by atoms with van der Waals surface area (Å²) < 4.78 is 0. The van der Waals surface area contributed by atoms with Crippen molar-refractivity contribution in [2.75, 3.05) is 0 Å². The second kappa shape index (κ2) is 10.9. The predicted octanol–water partition coefficient (Wildman–Crippen LogP) is 6.46. The molecule has 0 unspecified atom stereocenters. The minimum absolute atomic E-state index is 1.06. The van der Waals surface area contributed by atoms with Crippen LogP contribution in [0.5, 0.6) is 0 Å². The van der Waals surface area contributed by atoms with Gasteiger partial charge in [-0.2, -0.15) is 0 Å². The zero-order valence-electron chi connectivity index (χ0n) is 11.0. The standard InChI is InChI=1S/C13H28Cl2Si/c1-3-4-5-6-7-8-9-10-11-12-13-16(2,14)15/h3-13H2,1-2H3. The molecule has 0 spiro atoms. The molecule has 0 aliphatic carbocycles. The maximum absolute atomic E-state index is 6.05. The van der Waals surface area contributed by atoms with Gasteiger partial charge < -0.3 is 0 Å². The lowest BCUT2D eigenvalue weighted by Gasteiger charge is -2.09. The van der Waals surface area contributed by atoms with E-state index in [1.807, 2.05) is 6.55 Å². The van der Waals surface area contributed by atoms with Crippen LogP contribution in [0.2, 0.25) is 12.6 Å². The molecule has 0 aliphatic heterocycles. The largest absolute Gasteiger partial charge is 0.248 e. The Labute approximate surface area is 113 Å². The van der Waals surface area contributed by atoms with Crippen molar-refractivity contribution in [2.24, 2.45) is 0 Å². The first kappa shape index (κ1) is 16.8. The lowest BCUT2D eigenvalue weighted by Crippen LogP contribution is -2.11. The van der Waals surface area contributed by atoms with Crippen LogP contribution in [0.15, 0.2) is 0 Å². The molecule has 0 aromatic rings. The molecule has 0 amide bonds. The number of unbranched alkanes of at least 4 members (excludes halogenated alkanes) is 9. The zero-order valence-corrected chi connectivity index (χ0v) is 13.5. The maximum Gasteiger partial charge on any atom is 0.248 e. The van der Waals surface area contributed by atoms with Crippen LogP contribution in [0.25, 0.3) is 0 Å². The van der Waals surface area contributed by atoms with E-state index in [1.54, 1.807) is 0 Å². The van der Waals surface area contributed by atoms with E-state index in [9.17, 15) is 0 Å². The molecule has 0 atom stereocenters. The molecule has 16 heavy (non-hydrogen) atoms. The van der Waals surface area contributed by atoms with Gasteiger partial charge in [-0.3, -0.25) is 0 Å². The summed E-state index contributed by atoms with van der Waals surface area (Å²) in [5.74, 6) is 0. The van der Waals surface area contributed by atoms with Crippen molar-refractivity contribution >= 4 is 28.9 Å². The average Bonchev–Trinajstić information content (AvgIpc) is 2.19. The molecule has 0 radical (unpaired) electrons. The van der Waals surface area contributed by atoms with Gasteiger partial charge in [0.05, 0.1) is 0 Å². The van der Waals surface area contributed by atoms with Crippen molar-refractivity contribution in [3.63, 3.8) is 0 Å². The SMILES string of the molecule is CCCCCCCCCCCC[Si](C)(Cl)Cl. The van der Waals surface area contributed by atoms with Crippen molar-refractivity contribution in [2.45, 2.75) is 83.7 Å². The van der Waals surface area contributed by atoms with E-state index in [-0.39, 0.29) is 0 Å². The van der Waals surface area contributed by atoms with E-state index in [0.29, 0.717) is 0 Å². The van der Waals surface area contributed by atoms with Crippen LogP contribution >= 0.6 is 22.2 Å². The van der Waals surface area contributed by atoms with Gasteiger partial charge in [0.25, 0.3) is 0 Å². The molecule has 0 bridgehead atoms. The molecule has 0 N–H and O–H groups in total. The van der Waals surface area contributed by atoms with E-state index < -0.39 is 6.69 Å². The highest BCUT2D eigenvalue weighted by molar-refractivity contribution is 7.44. The quantitative estimate of drug-likeness (QED) is 0.232. The van der Waals surface area contributed by atoms with Gasteiger partial charge in [0.2, 0.25) is 6.69 Å². The van der Waals surface area contributed by atoms with Crippen molar-refractivity contribution in [1.82, 2.24) is 0 Å². The fraction of sp³-hybridized carbons (Fsp3) is 1.00. The summed E-state index contributed by atoms with van der Waals surface area (Å²) in [5, 5.41) is 0. The Morgan fingerprint density at radius 2 is 1.06 bits per heavy atom. The lowest BCUT2D eigenvalue weighted by molar-refractivity contribution is 0.562. The van der Waals surface area contributed by atoms with Crippen LogP contribution in [0.1, 0.15) is 71.1 Å². The molecule has 0 aromatic carbocycles. The Hall–Kier alpha value is 0.797. The molecule has 3 heteroatoms. The van der Waals surface area contributed by atoms with Crippen molar-refractivity contribution in [1.29, 1.82) is 0 Å². The van der Waals surface area contributed by atoms with Gasteiger partial charge in [0.15, 0.2) is 0 Å². The Morgan fingerprint density at radius 1 is 0.688 bits per heavy atom. The topological polar surface area (TPSA) is 0 Å². The normalized spacial score (nSPS) is 12.0. The third kappa shape index (κ3) is 14.8. The summed E-state index contributed by atoms with van der Waals surface area (Å²) >= 11 is 12.1. The molecule has 0 saturated carbocycles. The molecule has 0 fully saturated rings. The highest BCUT2D eigenvalue weighted by atomic mass is 35.7. The summed E-state index contributed by atoms with van der Waals surface area (Å²) in [4.78, 5) is 0. The van der Waals surface area contributed by atoms with Crippen molar-refractivity contribution in [3.8, 4) is 0 Å². The summed E-state index contributed by atoms with van der Waals surface area (Å²) in [6, 6.07) is 1.06. The minimum atomic E-state index is -1.80. The summed E-state index contributed by atoms with van der Waals surface area (Å²) in [6.45, 7) is 2.48. The molecule has 0 heterocycles. The first-order chi connectivity index (χ1) is 7.56. The zero-order chi connectivity index (χ0) is 12.3. The van der Waals surface area contributed by atoms with E-state index in [0.717, 1.165) is 6.04 Å². The first-order valence-electron chi connectivity index (χ1n) is 6.94. The number of rotatable bonds is 11. The Balaban J connectivity index is 2.99. The molecule has 0 rings (SSSR count). The van der Waals surface area contributed by atoms with Gasteiger partial charge in [-0.25, -0.2) is 0 Å². The number of hydrogen-bond acceptors (Lipinski definition) is 0. The van der Waals surface area contributed by atoms with E-state index in [4.69, 9.17) is 22.2 Å². The molecule has 98 valence electrons. The second-order valence-electron chi connectivity index (χ2n) is 5.00. The fourth-order valence-electron chi connectivity index (χ4n) is 1.92. The number of halogens is 2. The Bertz CT molecular complexity index is 143. The third-order valence-corrected chi connectivity index (χ3v) is 5.33. The van der Waals surface area contributed by atoms with Gasteiger partial charge in [0, 0.05) is 0 Å². The predicted molar refractivity (Wildman–Crippen MR) is 80.0 cm³/mol. The average molecular weight is 283 g/mol. The second-order valence-corrected chi connectivity index (χ2v) is 13.2. The summed E-state index contributed by atoms with van der Waals surface area (Å²) in [6.07, 6.45) is 13.8. The van der Waals surface area contributed by atoms with Gasteiger partial charge in [0.1, 0.15) is 0 Å². The Kier molecular flexibility index (Phi) is 11.5. The lowest BCUT2D eigenvalue weighted by atomic mass is 10.1. The summed E-state index contributed by atoms with van der Waals surface area (Å²) in [7, 11) is 0. The van der Waals surface area contributed by atoms with Crippen LogP contribution in [0, 0.1) is 0 Å². The van der Waals surface area contributed by atoms with Crippen LogP contribution in [0.4, 0.5) is 0 Å². The molecule has 0 saturated heterocycles. The number of hydrogen-bond donors (Lipinski definition) is 0. The third-order valence-electron chi connectivity index (χ3n) is 2.97. The highest BCUT2D eigenvalue weighted by Crippen LogP contribution is 2.23. The monoisotopic (exact) mass is 282 g/mol. The van der Waals surface area contributed by atoms with E-state index >= 15 is 0 Å². The molecule has 0 nitrogen and oxygen atoms in total. The highest BCUT2D eigenvalue weighted by Gasteiger charge is 2.19. The molecular formula is C13H28Cl2Si. The first-order valence-corrected chi connectivity index (χ1v) is 11.7. The molecule has 0 aromatic heterocycles. The van der Waals surface area contributed by atoms with Crippen molar-refractivity contribution < 1.29 is 0 Å². The van der Waals surface area contributed by atoms with Gasteiger partial charge in [-0.15, -0.1) is 22.2 Å². The van der Waals surface area contributed by atoms with Gasteiger partial charge in [-0.1, -0.05) is 71.1 Å². The van der Waals surface area contributed by atoms with Gasteiger partial charge in [-0.05, 0) is 12.6 Å². The molecular weight excluding hydrogens is 255 g/mol. The van der Waals surface area contributed by atoms with Crippen LogP contribution < -0.4 is 0 Å². The smallest absolute Gasteiger partial charge is 0.146 e. The fourth-order valence-corrected chi connectivity index (χ4v) is 3.60. The minimum Gasteiger partial charge on any atom is -0.146 e. The van der Waals surface area contributed by atoms with Crippen LogP contribution in [-0.2, 0) is 0 Å². The van der Waals surface area contributed by atoms with Crippen LogP contribution in [-0.4, -0.2) is 6.69 Å². The van der Waals surface area contributed by atoms with E-state index in [2.05, 4.69) is 6.92 Å². The maximum atomic E-state index is 6.05. The van der Waals surface area contributed by atoms with Gasteiger partial charge >= 0.3 is 0 Å². The van der Waals surface area contributed by atoms with Crippen molar-refractivity contribution in [3.05, 3.63) is 0 Å².